The first-order chi connectivity index (χ1) is 11.5. The van der Waals surface area contributed by atoms with Gasteiger partial charge in [0.25, 0.3) is 5.56 Å². The number of aromatic nitrogens is 2. The van der Waals surface area contributed by atoms with Crippen LogP contribution in [-0.2, 0) is 4.74 Å². The monoisotopic (exact) mass is 345 g/mol. The molecule has 1 fully saturated rings. The zero-order chi connectivity index (χ0) is 17.1. The van der Waals surface area contributed by atoms with Crippen molar-refractivity contribution in [1.82, 2.24) is 9.55 Å². The summed E-state index contributed by atoms with van der Waals surface area (Å²) in [6.07, 6.45) is 1.17. The molecule has 1 atom stereocenters. The zero-order valence-corrected chi connectivity index (χ0v) is 14.4. The fraction of sp³-hybridized carbons (Fsp3) is 0.353. The van der Waals surface area contributed by atoms with Crippen LogP contribution in [0.5, 0.6) is 0 Å². The number of amides is 1. The Kier molecular flexibility index (Phi) is 4.89. The fourth-order valence-corrected chi connectivity index (χ4v) is 3.58. The van der Waals surface area contributed by atoms with E-state index >= 15 is 0 Å². The number of thioether (sulfide) groups is 1. The van der Waals surface area contributed by atoms with Crippen molar-refractivity contribution in [2.24, 2.45) is 0 Å². The average molecular weight is 345 g/mol. The first-order valence-electron chi connectivity index (χ1n) is 7.80. The predicted molar refractivity (Wildman–Crippen MR) is 93.7 cm³/mol. The molecule has 0 bridgehead atoms. The number of carbonyl (C=O) groups excluding carboxylic acids is 1. The van der Waals surface area contributed by atoms with Crippen molar-refractivity contribution < 1.29 is 9.53 Å². The summed E-state index contributed by atoms with van der Waals surface area (Å²) in [5, 5.41) is 0.645. The van der Waals surface area contributed by atoms with Gasteiger partial charge in [-0.2, -0.15) is 4.98 Å². The third-order valence-corrected chi connectivity index (χ3v) is 4.80. The molecule has 0 saturated carbocycles. The number of ether oxygens (including phenoxy) is 1. The Balaban J connectivity index is 1.67. The highest BCUT2D eigenvalue weighted by atomic mass is 32.2. The highest BCUT2D eigenvalue weighted by Gasteiger charge is 2.32. The van der Waals surface area contributed by atoms with E-state index in [0.717, 1.165) is 5.69 Å². The van der Waals surface area contributed by atoms with Crippen LogP contribution in [0.2, 0.25) is 0 Å². The zero-order valence-electron chi connectivity index (χ0n) is 13.6. The van der Waals surface area contributed by atoms with E-state index in [1.807, 2.05) is 48.7 Å². The van der Waals surface area contributed by atoms with Crippen LogP contribution in [-0.4, -0.2) is 34.0 Å². The maximum absolute atomic E-state index is 12.0. The normalized spacial score (nSPS) is 17.4. The Bertz CT molecular complexity index is 776. The van der Waals surface area contributed by atoms with E-state index in [1.54, 1.807) is 11.1 Å². The molecule has 126 valence electrons. The second kappa shape index (κ2) is 7.09. The van der Waals surface area contributed by atoms with Crippen LogP contribution in [0, 0.1) is 0 Å². The smallest absolute Gasteiger partial charge is 0.414 e. The third kappa shape index (κ3) is 3.62. The van der Waals surface area contributed by atoms with Gasteiger partial charge in [-0.1, -0.05) is 30.0 Å². The van der Waals surface area contributed by atoms with Gasteiger partial charge in [0, 0.05) is 29.7 Å². The third-order valence-electron chi connectivity index (χ3n) is 3.70. The molecular weight excluding hydrogens is 326 g/mol. The SMILES string of the molecule is CC(C)n1ccc(=O)nc1SC[C@@H]1CN(c2ccccc2)C(=O)O1. The van der Waals surface area contributed by atoms with Gasteiger partial charge in [-0.15, -0.1) is 0 Å². The number of rotatable bonds is 5. The molecule has 1 aliphatic heterocycles. The number of hydrogen-bond acceptors (Lipinski definition) is 5. The molecule has 1 amide bonds. The summed E-state index contributed by atoms with van der Waals surface area (Å²) >= 11 is 1.43. The summed E-state index contributed by atoms with van der Waals surface area (Å²) in [5.41, 5.74) is 0.565. The maximum Gasteiger partial charge on any atom is 0.414 e. The minimum Gasteiger partial charge on any atom is -0.443 e. The average Bonchev–Trinajstić information content (AvgIpc) is 2.94. The second-order valence-electron chi connectivity index (χ2n) is 5.81. The van der Waals surface area contributed by atoms with E-state index in [-0.39, 0.29) is 23.8 Å². The van der Waals surface area contributed by atoms with Crippen molar-refractivity contribution in [2.75, 3.05) is 17.2 Å². The molecule has 1 saturated heterocycles. The van der Waals surface area contributed by atoms with Gasteiger partial charge < -0.3 is 9.30 Å². The molecule has 2 aromatic rings. The van der Waals surface area contributed by atoms with Gasteiger partial charge in [0.1, 0.15) is 6.10 Å². The van der Waals surface area contributed by atoms with Crippen molar-refractivity contribution in [3.63, 3.8) is 0 Å². The maximum atomic E-state index is 12.0. The van der Waals surface area contributed by atoms with Crippen LogP contribution in [0.15, 0.2) is 52.5 Å². The van der Waals surface area contributed by atoms with Crippen molar-refractivity contribution in [3.8, 4) is 0 Å². The molecule has 7 heteroatoms. The summed E-state index contributed by atoms with van der Waals surface area (Å²) in [7, 11) is 0. The lowest BCUT2D eigenvalue weighted by molar-refractivity contribution is 0.151. The van der Waals surface area contributed by atoms with E-state index in [0.29, 0.717) is 17.5 Å². The number of hydrogen-bond donors (Lipinski definition) is 0. The van der Waals surface area contributed by atoms with Crippen LogP contribution >= 0.6 is 11.8 Å². The van der Waals surface area contributed by atoms with Gasteiger partial charge in [0.2, 0.25) is 0 Å². The van der Waals surface area contributed by atoms with Gasteiger partial charge in [-0.3, -0.25) is 9.69 Å². The summed E-state index contributed by atoms with van der Waals surface area (Å²) < 4.78 is 7.37. The molecule has 0 spiro atoms. The number of para-hydroxylation sites is 1. The number of benzene rings is 1. The molecular formula is C17H19N3O3S. The molecule has 1 aliphatic rings. The first-order valence-corrected chi connectivity index (χ1v) is 8.78. The molecule has 1 aromatic heterocycles. The highest BCUT2D eigenvalue weighted by Crippen LogP contribution is 2.25. The van der Waals surface area contributed by atoms with Crippen molar-refractivity contribution in [1.29, 1.82) is 0 Å². The molecule has 1 aromatic carbocycles. The number of carbonyl (C=O) groups is 1. The number of cyclic esters (lactones) is 1. The Morgan fingerprint density at radius 3 is 2.71 bits per heavy atom. The molecule has 0 aliphatic carbocycles. The molecule has 0 unspecified atom stereocenters. The van der Waals surface area contributed by atoms with Crippen LogP contribution in [0.3, 0.4) is 0 Å². The predicted octanol–water partition coefficient (Wildman–Crippen LogP) is 2.94. The Hall–Kier alpha value is -2.28. The molecule has 0 radical (unpaired) electrons. The topological polar surface area (TPSA) is 64.4 Å². The minimum absolute atomic E-state index is 0.201. The Morgan fingerprint density at radius 2 is 2.00 bits per heavy atom. The van der Waals surface area contributed by atoms with Crippen LogP contribution < -0.4 is 10.5 Å². The summed E-state index contributed by atoms with van der Waals surface area (Å²) in [4.78, 5) is 29.3. The van der Waals surface area contributed by atoms with E-state index in [2.05, 4.69) is 4.98 Å². The lowest BCUT2D eigenvalue weighted by atomic mass is 10.3. The quantitative estimate of drug-likeness (QED) is 0.616. The van der Waals surface area contributed by atoms with Crippen molar-refractivity contribution in [3.05, 3.63) is 52.9 Å². The molecule has 24 heavy (non-hydrogen) atoms. The molecule has 2 heterocycles. The van der Waals surface area contributed by atoms with Gasteiger partial charge in [0.05, 0.1) is 6.54 Å². The summed E-state index contributed by atoms with van der Waals surface area (Å²) in [5.74, 6) is 0.554. The molecule has 0 N–H and O–H groups in total. The van der Waals surface area contributed by atoms with Gasteiger partial charge in [0.15, 0.2) is 5.16 Å². The second-order valence-corrected chi connectivity index (χ2v) is 6.80. The van der Waals surface area contributed by atoms with Gasteiger partial charge in [-0.05, 0) is 26.0 Å². The standard InChI is InChI=1S/C17H19N3O3S/c1-12(2)19-9-8-15(21)18-16(19)24-11-14-10-20(17(22)23-14)13-6-4-3-5-7-13/h3-9,12,14H,10-11H2,1-2H3/t14-/m0/s1. The number of anilines is 1. The van der Waals surface area contributed by atoms with Gasteiger partial charge >= 0.3 is 6.09 Å². The van der Waals surface area contributed by atoms with Crippen LogP contribution in [0.1, 0.15) is 19.9 Å². The van der Waals surface area contributed by atoms with Crippen LogP contribution in [0.4, 0.5) is 10.5 Å². The minimum atomic E-state index is -0.339. The number of nitrogens with zero attached hydrogens (tertiary/aromatic N) is 3. The highest BCUT2D eigenvalue weighted by molar-refractivity contribution is 7.99. The summed E-state index contributed by atoms with van der Waals surface area (Å²) in [6, 6.07) is 11.1. The Labute approximate surface area is 144 Å². The Morgan fingerprint density at radius 1 is 1.25 bits per heavy atom. The first kappa shape index (κ1) is 16.6. The molecule has 6 nitrogen and oxygen atoms in total. The van der Waals surface area contributed by atoms with E-state index < -0.39 is 0 Å². The largest absolute Gasteiger partial charge is 0.443 e. The van der Waals surface area contributed by atoms with Gasteiger partial charge in [-0.25, -0.2) is 4.79 Å². The van der Waals surface area contributed by atoms with E-state index in [1.165, 1.54) is 17.8 Å². The fourth-order valence-electron chi connectivity index (χ4n) is 2.49. The van der Waals surface area contributed by atoms with Crippen LogP contribution in [0.25, 0.3) is 0 Å². The van der Waals surface area contributed by atoms with Crippen molar-refractivity contribution in [2.45, 2.75) is 31.1 Å². The lowest BCUT2D eigenvalue weighted by Crippen LogP contribution is -2.25. The van der Waals surface area contributed by atoms with E-state index in [4.69, 9.17) is 4.74 Å². The van der Waals surface area contributed by atoms with Crippen molar-refractivity contribution >= 4 is 23.5 Å². The molecule has 3 rings (SSSR count). The lowest BCUT2D eigenvalue weighted by Gasteiger charge is -2.16. The van der Waals surface area contributed by atoms with E-state index in [9.17, 15) is 9.59 Å². The summed E-state index contributed by atoms with van der Waals surface area (Å²) in [6.45, 7) is 4.56.